The van der Waals surface area contributed by atoms with E-state index < -0.39 is 29.9 Å². The van der Waals surface area contributed by atoms with E-state index in [4.69, 9.17) is 4.74 Å². The Balaban J connectivity index is 1.90. The molecule has 1 atom stereocenters. The lowest BCUT2D eigenvalue weighted by atomic mass is 9.86. The molecular weight excluding hydrogens is 432 g/mol. The molecule has 0 saturated carbocycles. The Morgan fingerprint density at radius 1 is 1.00 bits per heavy atom. The third kappa shape index (κ3) is 5.97. The first-order valence-corrected chi connectivity index (χ1v) is 10.3. The third-order valence-electron chi connectivity index (χ3n) is 5.04. The molecule has 0 bridgehead atoms. The van der Waals surface area contributed by atoms with Crippen LogP contribution in [0, 0.1) is 5.41 Å². The fourth-order valence-corrected chi connectivity index (χ4v) is 3.36. The first-order valence-electron chi connectivity index (χ1n) is 10.3. The Kier molecular flexibility index (Phi) is 7.16. The minimum absolute atomic E-state index is 0.0286. The Bertz CT molecular complexity index is 1140. The summed E-state index contributed by atoms with van der Waals surface area (Å²) in [5.74, 6) is -1.37. The lowest BCUT2D eigenvalue weighted by Crippen LogP contribution is -2.49. The van der Waals surface area contributed by atoms with Crippen molar-refractivity contribution in [3.05, 3.63) is 71.8 Å². The molecule has 174 valence electrons. The molecular formula is C25H25F2NO5. The number of benzene rings is 3. The minimum atomic E-state index is -2.91. The number of rotatable bonds is 8. The van der Waals surface area contributed by atoms with Gasteiger partial charge in [0.1, 0.15) is 24.1 Å². The molecule has 3 aromatic carbocycles. The van der Waals surface area contributed by atoms with Crippen LogP contribution in [0.4, 0.5) is 8.78 Å². The Morgan fingerprint density at radius 2 is 1.67 bits per heavy atom. The van der Waals surface area contributed by atoms with Crippen molar-refractivity contribution in [1.29, 1.82) is 0 Å². The smallest absolute Gasteiger partial charge is 0.387 e. The van der Waals surface area contributed by atoms with E-state index in [1.807, 2.05) is 18.2 Å². The fraction of sp³-hybridized carbons (Fsp3) is 0.280. The zero-order chi connectivity index (χ0) is 24.2. The molecule has 6 nitrogen and oxygen atoms in total. The highest BCUT2D eigenvalue weighted by molar-refractivity contribution is 6.05. The van der Waals surface area contributed by atoms with E-state index in [1.54, 1.807) is 51.1 Å². The number of ether oxygens (including phenoxy) is 2. The van der Waals surface area contributed by atoms with Gasteiger partial charge >= 0.3 is 12.6 Å². The molecule has 0 aliphatic rings. The average molecular weight is 457 g/mol. The number of alkyl halides is 2. The van der Waals surface area contributed by atoms with Gasteiger partial charge in [0.25, 0.3) is 5.91 Å². The number of carbonyl (C=O) groups excluding carboxylic acids is 1. The van der Waals surface area contributed by atoms with Crippen LogP contribution in [0.5, 0.6) is 11.5 Å². The predicted molar refractivity (Wildman–Crippen MR) is 120 cm³/mol. The summed E-state index contributed by atoms with van der Waals surface area (Å²) in [5.41, 5.74) is 0.164. The van der Waals surface area contributed by atoms with Gasteiger partial charge in [-0.1, -0.05) is 63.2 Å². The zero-order valence-electron chi connectivity index (χ0n) is 18.5. The van der Waals surface area contributed by atoms with Crippen LogP contribution >= 0.6 is 0 Å². The van der Waals surface area contributed by atoms with Crippen LogP contribution in [-0.4, -0.2) is 29.6 Å². The number of carboxylic acids is 1. The molecule has 0 radical (unpaired) electrons. The number of amides is 1. The van der Waals surface area contributed by atoms with E-state index in [9.17, 15) is 23.5 Å². The number of nitrogens with one attached hydrogen (secondary N) is 1. The number of aliphatic carboxylic acids is 1. The summed E-state index contributed by atoms with van der Waals surface area (Å²) in [4.78, 5) is 24.8. The lowest BCUT2D eigenvalue weighted by Gasteiger charge is -2.28. The summed E-state index contributed by atoms with van der Waals surface area (Å²) in [5, 5.41) is 13.7. The molecule has 2 N–H and O–H groups in total. The average Bonchev–Trinajstić information content (AvgIpc) is 2.75. The van der Waals surface area contributed by atoms with Gasteiger partial charge in [-0.25, -0.2) is 4.79 Å². The number of carbonyl (C=O) groups is 2. The number of carboxylic acid groups (broad SMARTS) is 1. The molecule has 0 spiro atoms. The monoisotopic (exact) mass is 457 g/mol. The van der Waals surface area contributed by atoms with E-state index in [0.29, 0.717) is 16.7 Å². The third-order valence-corrected chi connectivity index (χ3v) is 5.04. The van der Waals surface area contributed by atoms with Crippen molar-refractivity contribution >= 4 is 22.6 Å². The molecule has 0 saturated heterocycles. The minimum Gasteiger partial charge on any atom is -0.487 e. The lowest BCUT2D eigenvalue weighted by molar-refractivity contribution is -0.142. The second-order valence-corrected chi connectivity index (χ2v) is 8.59. The predicted octanol–water partition coefficient (Wildman–Crippen LogP) is 5.25. The topological polar surface area (TPSA) is 84.9 Å². The SMILES string of the molecule is CC(C)(C)C(NC(=O)c1ccc2ccccc2c1OCc1ccc(OC(F)F)cc1)C(=O)O. The Morgan fingerprint density at radius 3 is 2.27 bits per heavy atom. The fourth-order valence-electron chi connectivity index (χ4n) is 3.36. The largest absolute Gasteiger partial charge is 0.487 e. The Labute approximate surface area is 190 Å². The molecule has 8 heteroatoms. The number of halogens is 2. The number of hydrogen-bond acceptors (Lipinski definition) is 4. The second-order valence-electron chi connectivity index (χ2n) is 8.59. The van der Waals surface area contributed by atoms with Gasteiger partial charge in [0.2, 0.25) is 0 Å². The molecule has 0 aromatic heterocycles. The van der Waals surface area contributed by atoms with Crippen LogP contribution in [0.15, 0.2) is 60.7 Å². The van der Waals surface area contributed by atoms with Gasteiger partial charge in [0.15, 0.2) is 0 Å². The maximum atomic E-state index is 13.1. The van der Waals surface area contributed by atoms with Crippen LogP contribution in [0.25, 0.3) is 10.8 Å². The van der Waals surface area contributed by atoms with Gasteiger partial charge < -0.3 is 19.9 Å². The van der Waals surface area contributed by atoms with E-state index in [2.05, 4.69) is 10.1 Å². The van der Waals surface area contributed by atoms with Gasteiger partial charge in [0.05, 0.1) is 5.56 Å². The van der Waals surface area contributed by atoms with Crippen molar-refractivity contribution in [2.24, 2.45) is 5.41 Å². The van der Waals surface area contributed by atoms with Crippen LogP contribution in [-0.2, 0) is 11.4 Å². The van der Waals surface area contributed by atoms with Gasteiger partial charge in [-0.2, -0.15) is 8.78 Å². The molecule has 0 fully saturated rings. The summed E-state index contributed by atoms with van der Waals surface area (Å²) in [7, 11) is 0. The maximum absolute atomic E-state index is 13.1. The van der Waals surface area contributed by atoms with Crippen molar-refractivity contribution < 1.29 is 33.0 Å². The van der Waals surface area contributed by atoms with Crippen molar-refractivity contribution in [1.82, 2.24) is 5.32 Å². The molecule has 0 aliphatic heterocycles. The zero-order valence-corrected chi connectivity index (χ0v) is 18.5. The van der Waals surface area contributed by atoms with Crippen molar-refractivity contribution in [2.75, 3.05) is 0 Å². The molecule has 0 heterocycles. The first-order chi connectivity index (χ1) is 15.6. The highest BCUT2D eigenvalue weighted by Crippen LogP contribution is 2.31. The second kappa shape index (κ2) is 9.85. The molecule has 0 aliphatic carbocycles. The highest BCUT2D eigenvalue weighted by Gasteiger charge is 2.33. The van der Waals surface area contributed by atoms with Crippen molar-refractivity contribution in [2.45, 2.75) is 40.0 Å². The van der Waals surface area contributed by atoms with Crippen LogP contribution in [0.2, 0.25) is 0 Å². The summed E-state index contributed by atoms with van der Waals surface area (Å²) in [6, 6.07) is 15.6. The van der Waals surface area contributed by atoms with Crippen molar-refractivity contribution in [3.8, 4) is 11.5 Å². The number of hydrogen-bond donors (Lipinski definition) is 2. The molecule has 1 unspecified atom stereocenters. The van der Waals surface area contributed by atoms with Crippen LogP contribution in [0.1, 0.15) is 36.7 Å². The van der Waals surface area contributed by atoms with E-state index in [1.165, 1.54) is 12.1 Å². The van der Waals surface area contributed by atoms with Gasteiger partial charge in [-0.15, -0.1) is 0 Å². The summed E-state index contributed by atoms with van der Waals surface area (Å²) >= 11 is 0. The van der Waals surface area contributed by atoms with Gasteiger partial charge in [-0.3, -0.25) is 4.79 Å². The normalized spacial score (nSPS) is 12.4. The van der Waals surface area contributed by atoms with Gasteiger partial charge in [0, 0.05) is 5.39 Å². The first kappa shape index (κ1) is 24.0. The summed E-state index contributed by atoms with van der Waals surface area (Å²) in [6.45, 7) is 2.33. The summed E-state index contributed by atoms with van der Waals surface area (Å²) < 4.78 is 35.1. The highest BCUT2D eigenvalue weighted by atomic mass is 19.3. The van der Waals surface area contributed by atoms with Crippen LogP contribution < -0.4 is 14.8 Å². The molecule has 33 heavy (non-hydrogen) atoms. The molecule has 3 aromatic rings. The summed E-state index contributed by atoms with van der Waals surface area (Å²) in [6.07, 6.45) is 0. The molecule has 3 rings (SSSR count). The molecule has 1 amide bonds. The quantitative estimate of drug-likeness (QED) is 0.483. The number of fused-ring (bicyclic) bond motifs is 1. The van der Waals surface area contributed by atoms with E-state index in [-0.39, 0.29) is 17.9 Å². The Hall–Kier alpha value is -3.68. The van der Waals surface area contributed by atoms with E-state index >= 15 is 0 Å². The maximum Gasteiger partial charge on any atom is 0.387 e. The van der Waals surface area contributed by atoms with Crippen LogP contribution in [0.3, 0.4) is 0 Å². The van der Waals surface area contributed by atoms with E-state index in [0.717, 1.165) is 5.39 Å². The standard InChI is InChI=1S/C25H25F2NO5/c1-25(2,3)21(23(30)31)28-22(29)19-13-10-16-6-4-5-7-18(16)20(19)32-14-15-8-11-17(12-9-15)33-24(26)27/h4-13,21,24H,14H2,1-3H3,(H,28,29)(H,30,31). The van der Waals surface area contributed by atoms with Gasteiger partial charge in [-0.05, 0) is 34.6 Å². The van der Waals surface area contributed by atoms with Crippen molar-refractivity contribution in [3.63, 3.8) is 0 Å².